The zero-order valence-corrected chi connectivity index (χ0v) is 17.5. The molecule has 1 aliphatic heterocycles. The number of hydrogen-bond donors (Lipinski definition) is 3. The number of benzene rings is 1. The quantitative estimate of drug-likeness (QED) is 0.565. The Hall–Kier alpha value is -3.23. The normalized spacial score (nSPS) is 15.5. The molecule has 3 aromatic rings. The largest absolute Gasteiger partial charge is 0.385 e. The van der Waals surface area contributed by atoms with Crippen LogP contribution in [0, 0.1) is 0 Å². The summed E-state index contributed by atoms with van der Waals surface area (Å²) >= 11 is 5.94. The van der Waals surface area contributed by atoms with E-state index in [4.69, 9.17) is 11.6 Å². The molecule has 4 rings (SSSR count). The molecule has 0 aliphatic carbocycles. The molecular weight excluding hydrogens is 418 g/mol. The van der Waals surface area contributed by atoms with E-state index < -0.39 is 11.5 Å². The monoisotopic (exact) mass is 439 g/mol. The summed E-state index contributed by atoms with van der Waals surface area (Å²) in [6.07, 6.45) is 5.42. The van der Waals surface area contributed by atoms with E-state index in [1.54, 1.807) is 47.6 Å². The lowest BCUT2D eigenvalue weighted by atomic mass is 9.84. The van der Waals surface area contributed by atoms with Gasteiger partial charge in [0.2, 0.25) is 0 Å². The third-order valence-corrected chi connectivity index (χ3v) is 5.76. The lowest BCUT2D eigenvalue weighted by Crippen LogP contribution is -2.45. The van der Waals surface area contributed by atoms with E-state index in [2.05, 4.69) is 20.3 Å². The molecule has 2 amide bonds. The van der Waals surface area contributed by atoms with Crippen molar-refractivity contribution in [2.75, 3.05) is 13.1 Å². The van der Waals surface area contributed by atoms with Gasteiger partial charge in [-0.3, -0.25) is 14.6 Å². The van der Waals surface area contributed by atoms with Crippen LogP contribution in [0.1, 0.15) is 44.9 Å². The number of H-pyrrole nitrogens is 1. The molecule has 3 heterocycles. The van der Waals surface area contributed by atoms with E-state index in [1.807, 2.05) is 6.07 Å². The Morgan fingerprint density at radius 1 is 1.19 bits per heavy atom. The number of carbonyl (C=O) groups is 2. The van der Waals surface area contributed by atoms with Gasteiger partial charge in [0.25, 0.3) is 11.8 Å². The predicted octanol–water partition coefficient (Wildman–Crippen LogP) is 2.51. The lowest BCUT2D eigenvalue weighted by molar-refractivity contribution is -0.0212. The first-order valence-electron chi connectivity index (χ1n) is 9.94. The first-order valence-corrected chi connectivity index (χ1v) is 10.3. The minimum absolute atomic E-state index is 0.0485. The number of carbonyl (C=O) groups excluding carboxylic acids is 2. The van der Waals surface area contributed by atoms with Crippen molar-refractivity contribution in [2.24, 2.45) is 0 Å². The highest BCUT2D eigenvalue weighted by Gasteiger charge is 2.36. The molecule has 160 valence electrons. The van der Waals surface area contributed by atoms with Gasteiger partial charge in [-0.25, -0.2) is 4.98 Å². The highest BCUT2D eigenvalue weighted by atomic mass is 35.5. The molecule has 1 saturated heterocycles. The molecule has 1 aromatic carbocycles. The van der Waals surface area contributed by atoms with Crippen molar-refractivity contribution in [1.29, 1.82) is 0 Å². The van der Waals surface area contributed by atoms with E-state index in [0.29, 0.717) is 31.0 Å². The summed E-state index contributed by atoms with van der Waals surface area (Å²) < 4.78 is 0. The van der Waals surface area contributed by atoms with Crippen LogP contribution in [0.4, 0.5) is 0 Å². The average molecular weight is 440 g/mol. The second-order valence-electron chi connectivity index (χ2n) is 7.50. The highest BCUT2D eigenvalue weighted by molar-refractivity contribution is 6.30. The second kappa shape index (κ2) is 8.87. The van der Waals surface area contributed by atoms with Gasteiger partial charge in [0.15, 0.2) is 5.69 Å². The van der Waals surface area contributed by atoms with Gasteiger partial charge in [-0.2, -0.15) is 0 Å². The summed E-state index contributed by atoms with van der Waals surface area (Å²) in [6, 6.07) is 10.7. The Kier molecular flexibility index (Phi) is 6.01. The topological polar surface area (TPSA) is 111 Å². The van der Waals surface area contributed by atoms with Gasteiger partial charge in [-0.15, -0.1) is 0 Å². The van der Waals surface area contributed by atoms with Crippen LogP contribution in [-0.4, -0.2) is 49.9 Å². The number of nitrogens with zero attached hydrogens (tertiary/aromatic N) is 3. The van der Waals surface area contributed by atoms with Crippen LogP contribution in [0.5, 0.6) is 0 Å². The molecular formula is C22H22ClN5O3. The van der Waals surface area contributed by atoms with Crippen molar-refractivity contribution >= 4 is 23.4 Å². The minimum atomic E-state index is -1.01. The van der Waals surface area contributed by atoms with Crippen molar-refractivity contribution in [2.45, 2.75) is 25.0 Å². The predicted molar refractivity (Wildman–Crippen MR) is 114 cm³/mol. The van der Waals surface area contributed by atoms with Gasteiger partial charge in [0.1, 0.15) is 5.69 Å². The fraction of sp³-hybridized carbons (Fsp3) is 0.273. The number of amides is 2. The summed E-state index contributed by atoms with van der Waals surface area (Å²) in [4.78, 5) is 38.0. The SMILES string of the molecule is O=C(NCc1cccnc1)c1nc[nH]c1C(=O)N1CCC(O)(c2ccc(Cl)cc2)CC1. The first kappa shape index (κ1) is 21.0. The Balaban J connectivity index is 1.40. The number of nitrogens with one attached hydrogen (secondary N) is 2. The number of imidazole rings is 1. The van der Waals surface area contributed by atoms with Crippen LogP contribution >= 0.6 is 11.6 Å². The van der Waals surface area contributed by atoms with Crippen LogP contribution < -0.4 is 5.32 Å². The number of hydrogen-bond acceptors (Lipinski definition) is 5. The molecule has 1 fully saturated rings. The fourth-order valence-electron chi connectivity index (χ4n) is 3.68. The number of rotatable bonds is 5. The third-order valence-electron chi connectivity index (χ3n) is 5.50. The zero-order chi connectivity index (χ0) is 21.8. The molecule has 0 spiro atoms. The van der Waals surface area contributed by atoms with Crippen molar-refractivity contribution in [3.05, 3.63) is 82.7 Å². The third kappa shape index (κ3) is 4.60. The fourth-order valence-corrected chi connectivity index (χ4v) is 3.81. The summed E-state index contributed by atoms with van der Waals surface area (Å²) in [5.41, 5.74) is 0.796. The van der Waals surface area contributed by atoms with Crippen LogP contribution in [0.15, 0.2) is 55.1 Å². The summed E-state index contributed by atoms with van der Waals surface area (Å²) in [5.74, 6) is -0.759. The van der Waals surface area contributed by atoms with Gasteiger partial charge in [-0.05, 0) is 42.2 Å². The highest BCUT2D eigenvalue weighted by Crippen LogP contribution is 2.33. The smallest absolute Gasteiger partial charge is 0.272 e. The number of aromatic amines is 1. The number of likely N-dealkylation sites (tertiary alicyclic amines) is 1. The first-order chi connectivity index (χ1) is 15.0. The number of halogens is 1. The van der Waals surface area contributed by atoms with E-state index in [0.717, 1.165) is 11.1 Å². The molecule has 2 aromatic heterocycles. The van der Waals surface area contributed by atoms with Crippen molar-refractivity contribution < 1.29 is 14.7 Å². The number of pyridine rings is 1. The van der Waals surface area contributed by atoms with Crippen molar-refractivity contribution in [1.82, 2.24) is 25.2 Å². The van der Waals surface area contributed by atoms with Gasteiger partial charge in [0.05, 0.1) is 11.9 Å². The number of aliphatic hydroxyl groups is 1. The summed E-state index contributed by atoms with van der Waals surface area (Å²) in [6.45, 7) is 0.993. The van der Waals surface area contributed by atoms with Crippen molar-refractivity contribution in [3.63, 3.8) is 0 Å². The molecule has 0 bridgehead atoms. The Morgan fingerprint density at radius 3 is 2.61 bits per heavy atom. The zero-order valence-electron chi connectivity index (χ0n) is 16.7. The molecule has 0 atom stereocenters. The molecule has 0 radical (unpaired) electrons. The van der Waals surface area contributed by atoms with Gasteiger partial charge in [-0.1, -0.05) is 29.8 Å². The van der Waals surface area contributed by atoms with Crippen LogP contribution in [0.25, 0.3) is 0 Å². The van der Waals surface area contributed by atoms with Gasteiger partial charge in [0, 0.05) is 37.1 Å². The number of piperidine rings is 1. The van der Waals surface area contributed by atoms with E-state index in [-0.39, 0.29) is 23.8 Å². The Labute approximate surface area is 184 Å². The molecule has 9 heteroatoms. The standard InChI is InChI=1S/C22H22ClN5O3/c23-17-5-3-16(4-6-17)22(31)7-10-28(11-8-22)21(30)19-18(26-14-27-19)20(29)25-13-15-2-1-9-24-12-15/h1-6,9,12,14,31H,7-8,10-11,13H2,(H,25,29)(H,26,27). The molecule has 0 saturated carbocycles. The maximum absolute atomic E-state index is 13.0. The molecule has 31 heavy (non-hydrogen) atoms. The van der Waals surface area contributed by atoms with E-state index in [1.165, 1.54) is 6.33 Å². The minimum Gasteiger partial charge on any atom is -0.385 e. The molecule has 8 nitrogen and oxygen atoms in total. The molecule has 0 unspecified atom stereocenters. The molecule has 3 N–H and O–H groups in total. The van der Waals surface area contributed by atoms with Crippen molar-refractivity contribution in [3.8, 4) is 0 Å². The van der Waals surface area contributed by atoms with Crippen LogP contribution in [0.3, 0.4) is 0 Å². The second-order valence-corrected chi connectivity index (χ2v) is 7.94. The van der Waals surface area contributed by atoms with Gasteiger partial charge >= 0.3 is 0 Å². The Bertz CT molecular complexity index is 1060. The van der Waals surface area contributed by atoms with E-state index in [9.17, 15) is 14.7 Å². The summed E-state index contributed by atoms with van der Waals surface area (Å²) in [7, 11) is 0. The maximum Gasteiger partial charge on any atom is 0.272 e. The lowest BCUT2D eigenvalue weighted by Gasteiger charge is -2.38. The number of aromatic nitrogens is 3. The van der Waals surface area contributed by atoms with E-state index >= 15 is 0 Å². The maximum atomic E-state index is 13.0. The average Bonchev–Trinajstić information content (AvgIpc) is 3.29. The van der Waals surface area contributed by atoms with Crippen LogP contribution in [0.2, 0.25) is 5.02 Å². The molecule has 1 aliphatic rings. The Morgan fingerprint density at radius 2 is 1.94 bits per heavy atom. The summed E-state index contributed by atoms with van der Waals surface area (Å²) in [5, 5.41) is 14.4. The van der Waals surface area contributed by atoms with Gasteiger partial charge < -0.3 is 20.3 Å². The van der Waals surface area contributed by atoms with Crippen LogP contribution in [-0.2, 0) is 12.1 Å².